The van der Waals surface area contributed by atoms with Crippen LogP contribution in [0.3, 0.4) is 0 Å². The van der Waals surface area contributed by atoms with Crippen molar-refractivity contribution in [2.45, 2.75) is 38.8 Å². The van der Waals surface area contributed by atoms with Crippen molar-refractivity contribution in [1.82, 2.24) is 15.3 Å². The van der Waals surface area contributed by atoms with E-state index >= 15 is 0 Å². The summed E-state index contributed by atoms with van der Waals surface area (Å²) in [7, 11) is 2.01. The van der Waals surface area contributed by atoms with Crippen molar-refractivity contribution in [3.8, 4) is 5.88 Å². The highest BCUT2D eigenvalue weighted by Gasteiger charge is 2.20. The van der Waals surface area contributed by atoms with E-state index in [2.05, 4.69) is 20.2 Å². The van der Waals surface area contributed by atoms with Crippen molar-refractivity contribution >= 4 is 5.95 Å². The van der Waals surface area contributed by atoms with Gasteiger partial charge < -0.3 is 15.0 Å². The van der Waals surface area contributed by atoms with Gasteiger partial charge in [0, 0.05) is 31.4 Å². The van der Waals surface area contributed by atoms with E-state index in [0.29, 0.717) is 11.9 Å². The molecule has 0 amide bonds. The maximum Gasteiger partial charge on any atom is 0.228 e. The highest BCUT2D eigenvalue weighted by Crippen LogP contribution is 2.18. The van der Waals surface area contributed by atoms with Crippen LogP contribution in [0, 0.1) is 0 Å². The summed E-state index contributed by atoms with van der Waals surface area (Å²) < 4.78 is 5.61. The SMILES string of the molecule is CNC1CCCN(c2nccc(OC(C)C)n2)C1. The summed E-state index contributed by atoms with van der Waals surface area (Å²) >= 11 is 0. The molecule has 0 aromatic carbocycles. The lowest BCUT2D eigenvalue weighted by Gasteiger charge is -2.32. The van der Waals surface area contributed by atoms with Crippen LogP contribution in [-0.4, -0.2) is 42.3 Å². The van der Waals surface area contributed by atoms with Crippen molar-refractivity contribution in [2.75, 3.05) is 25.0 Å². The molecule has 1 atom stereocenters. The van der Waals surface area contributed by atoms with Gasteiger partial charge in [0.05, 0.1) is 6.10 Å². The molecule has 2 heterocycles. The molecule has 0 saturated carbocycles. The number of anilines is 1. The van der Waals surface area contributed by atoms with Crippen LogP contribution in [0.25, 0.3) is 0 Å². The summed E-state index contributed by atoms with van der Waals surface area (Å²) in [4.78, 5) is 11.0. The largest absolute Gasteiger partial charge is 0.475 e. The molecule has 0 spiro atoms. The fourth-order valence-corrected chi connectivity index (χ4v) is 2.19. The van der Waals surface area contributed by atoms with Gasteiger partial charge in [0.15, 0.2) is 0 Å². The Bertz CT molecular complexity index is 383. The van der Waals surface area contributed by atoms with Crippen LogP contribution in [0.4, 0.5) is 5.95 Å². The standard InChI is InChI=1S/C13H22N4O/c1-10(2)18-12-6-7-15-13(16-12)17-8-4-5-11(9-17)14-3/h6-7,10-11,14H,4-5,8-9H2,1-3H3. The van der Waals surface area contributed by atoms with Gasteiger partial charge in [0.1, 0.15) is 0 Å². The highest BCUT2D eigenvalue weighted by molar-refractivity contribution is 5.33. The normalized spacial score (nSPS) is 20.2. The highest BCUT2D eigenvalue weighted by atomic mass is 16.5. The third-order valence-electron chi connectivity index (χ3n) is 3.09. The summed E-state index contributed by atoms with van der Waals surface area (Å²) in [6.07, 6.45) is 4.29. The van der Waals surface area contributed by atoms with E-state index in [9.17, 15) is 0 Å². The van der Waals surface area contributed by atoms with Gasteiger partial charge in [-0.3, -0.25) is 0 Å². The zero-order valence-electron chi connectivity index (χ0n) is 11.4. The average Bonchev–Trinajstić information content (AvgIpc) is 2.38. The average molecular weight is 250 g/mol. The molecule has 0 bridgehead atoms. The van der Waals surface area contributed by atoms with E-state index in [1.165, 1.54) is 12.8 Å². The second-order valence-corrected chi connectivity index (χ2v) is 4.94. The van der Waals surface area contributed by atoms with E-state index in [-0.39, 0.29) is 6.10 Å². The van der Waals surface area contributed by atoms with Crippen molar-refractivity contribution in [3.05, 3.63) is 12.3 Å². The van der Waals surface area contributed by atoms with Crippen molar-refractivity contribution < 1.29 is 4.74 Å². The molecule has 100 valence electrons. The van der Waals surface area contributed by atoms with Gasteiger partial charge in [0.25, 0.3) is 0 Å². The number of hydrogen-bond donors (Lipinski definition) is 1. The summed E-state index contributed by atoms with van der Waals surface area (Å²) in [5, 5.41) is 3.32. The number of piperidine rings is 1. The molecule has 1 aliphatic rings. The minimum absolute atomic E-state index is 0.138. The smallest absolute Gasteiger partial charge is 0.228 e. The van der Waals surface area contributed by atoms with Gasteiger partial charge in [0.2, 0.25) is 11.8 Å². The Morgan fingerprint density at radius 1 is 1.50 bits per heavy atom. The van der Waals surface area contributed by atoms with Gasteiger partial charge in [-0.05, 0) is 33.7 Å². The van der Waals surface area contributed by atoms with Crippen molar-refractivity contribution in [3.63, 3.8) is 0 Å². The molecule has 1 unspecified atom stereocenters. The summed E-state index contributed by atoms with van der Waals surface area (Å²) in [5.41, 5.74) is 0. The van der Waals surface area contributed by atoms with Crippen LogP contribution >= 0.6 is 0 Å². The Hall–Kier alpha value is -1.36. The predicted molar refractivity (Wildman–Crippen MR) is 72.1 cm³/mol. The van der Waals surface area contributed by atoms with Gasteiger partial charge in [-0.2, -0.15) is 4.98 Å². The van der Waals surface area contributed by atoms with Gasteiger partial charge in [-0.1, -0.05) is 0 Å². The molecule has 0 aliphatic carbocycles. The lowest BCUT2D eigenvalue weighted by molar-refractivity contribution is 0.232. The Kier molecular flexibility index (Phi) is 4.36. The quantitative estimate of drug-likeness (QED) is 0.876. The topological polar surface area (TPSA) is 50.3 Å². The van der Waals surface area contributed by atoms with E-state index in [1.54, 1.807) is 6.20 Å². The van der Waals surface area contributed by atoms with E-state index in [0.717, 1.165) is 19.0 Å². The molecule has 5 nitrogen and oxygen atoms in total. The molecule has 1 aromatic heterocycles. The van der Waals surface area contributed by atoms with Crippen molar-refractivity contribution in [2.24, 2.45) is 0 Å². The number of aromatic nitrogens is 2. The molecule has 1 fully saturated rings. The number of nitrogens with zero attached hydrogens (tertiary/aromatic N) is 3. The molecule has 5 heteroatoms. The molecule has 0 radical (unpaired) electrons. The lowest BCUT2D eigenvalue weighted by Crippen LogP contribution is -2.45. The first-order valence-corrected chi connectivity index (χ1v) is 6.61. The number of likely N-dealkylation sites (N-methyl/N-ethyl adjacent to an activating group) is 1. The predicted octanol–water partition coefficient (Wildman–Crippen LogP) is 1.45. The summed E-state index contributed by atoms with van der Waals surface area (Å²) in [5.74, 6) is 1.43. The number of hydrogen-bond acceptors (Lipinski definition) is 5. The zero-order valence-corrected chi connectivity index (χ0v) is 11.4. The van der Waals surface area contributed by atoms with Crippen LogP contribution in [0.5, 0.6) is 5.88 Å². The van der Waals surface area contributed by atoms with Crippen LogP contribution in [0.15, 0.2) is 12.3 Å². The van der Waals surface area contributed by atoms with Crippen molar-refractivity contribution in [1.29, 1.82) is 0 Å². The first-order chi connectivity index (χ1) is 8.69. The lowest BCUT2D eigenvalue weighted by atomic mass is 10.1. The Morgan fingerprint density at radius 2 is 2.33 bits per heavy atom. The first-order valence-electron chi connectivity index (χ1n) is 6.61. The van der Waals surface area contributed by atoms with Crippen LogP contribution in [0.2, 0.25) is 0 Å². The fraction of sp³-hybridized carbons (Fsp3) is 0.692. The van der Waals surface area contributed by atoms with E-state index in [4.69, 9.17) is 4.74 Å². The zero-order chi connectivity index (χ0) is 13.0. The fourth-order valence-electron chi connectivity index (χ4n) is 2.19. The Balaban J connectivity index is 2.07. The van der Waals surface area contributed by atoms with Crippen LogP contribution in [-0.2, 0) is 0 Å². The summed E-state index contributed by atoms with van der Waals surface area (Å²) in [6, 6.07) is 2.33. The summed E-state index contributed by atoms with van der Waals surface area (Å²) in [6.45, 7) is 5.98. The maximum atomic E-state index is 5.61. The molecule has 18 heavy (non-hydrogen) atoms. The van der Waals surface area contributed by atoms with Gasteiger partial charge in [-0.15, -0.1) is 0 Å². The van der Waals surface area contributed by atoms with Crippen LogP contribution in [0.1, 0.15) is 26.7 Å². The van der Waals surface area contributed by atoms with Gasteiger partial charge in [-0.25, -0.2) is 4.98 Å². The monoisotopic (exact) mass is 250 g/mol. The van der Waals surface area contributed by atoms with E-state index < -0.39 is 0 Å². The third kappa shape index (κ3) is 3.32. The molecule has 1 N–H and O–H groups in total. The first kappa shape index (κ1) is 13.1. The second kappa shape index (κ2) is 6.00. The maximum absolute atomic E-state index is 5.61. The minimum Gasteiger partial charge on any atom is -0.475 e. The molecule has 2 rings (SSSR count). The number of rotatable bonds is 4. The van der Waals surface area contributed by atoms with Gasteiger partial charge >= 0.3 is 0 Å². The van der Waals surface area contributed by atoms with E-state index in [1.807, 2.05) is 27.0 Å². The molecule has 1 aromatic rings. The molecular formula is C13H22N4O. The minimum atomic E-state index is 0.138. The molecule has 1 saturated heterocycles. The second-order valence-electron chi connectivity index (χ2n) is 4.94. The number of ether oxygens (including phenoxy) is 1. The van der Waals surface area contributed by atoms with Crippen LogP contribution < -0.4 is 15.0 Å². The third-order valence-corrected chi connectivity index (χ3v) is 3.09. The Morgan fingerprint density at radius 3 is 3.06 bits per heavy atom. The number of nitrogens with one attached hydrogen (secondary N) is 1. The Labute approximate surface area is 109 Å². The molecule has 1 aliphatic heterocycles. The molecular weight excluding hydrogens is 228 g/mol.